The second-order valence-electron chi connectivity index (χ2n) is 0. The molecule has 0 aromatic heterocycles. The molecule has 0 rings (SSSR count). The van der Waals surface area contributed by atoms with Crippen molar-refractivity contribution in [2.45, 2.75) is 0 Å². The van der Waals surface area contributed by atoms with Gasteiger partial charge in [0.05, 0.1) is 0 Å². The summed E-state index contributed by atoms with van der Waals surface area (Å²) in [5.41, 5.74) is 0. The Bertz CT molecular complexity index is 17.7. The molecule has 0 spiro atoms. The van der Waals surface area contributed by atoms with Crippen molar-refractivity contribution in [3.05, 3.63) is 0 Å². The first-order valence-corrected chi connectivity index (χ1v) is 0. The summed E-state index contributed by atoms with van der Waals surface area (Å²) in [5.74, 6) is 0. The van der Waals surface area contributed by atoms with Crippen molar-refractivity contribution in [3.63, 3.8) is 0 Å². The Morgan fingerprint density at radius 3 is 1.25 bits per heavy atom. The van der Waals surface area contributed by atoms with E-state index >= 15 is 0 Å². The van der Waals surface area contributed by atoms with Gasteiger partial charge in [-0.2, -0.15) is 0 Å². The van der Waals surface area contributed by atoms with Gasteiger partial charge in [-0.05, 0) is 0 Å². The van der Waals surface area contributed by atoms with E-state index in [0.29, 0.717) is 0 Å². The Hall–Kier alpha value is 5.23. The van der Waals surface area contributed by atoms with Crippen LogP contribution in [0.25, 0.3) is 0 Å². The zero-order chi connectivity index (χ0) is 0. The molecule has 1 radical (unpaired) electrons. The molecule has 0 amide bonds. The predicted molar refractivity (Wildman–Crippen MR) is 29.7 cm³/mol. The van der Waals surface area contributed by atoms with Gasteiger partial charge >= 0.3 is 132 Å². The van der Waals surface area contributed by atoms with Crippen molar-refractivity contribution in [2.75, 3.05) is 0 Å². The first-order chi connectivity index (χ1) is 0. The van der Waals surface area contributed by atoms with Gasteiger partial charge in [0.2, 0.25) is 0 Å². The third-order valence-electron chi connectivity index (χ3n) is 0. The van der Waals surface area contributed by atoms with E-state index in [0.717, 1.165) is 0 Å². The van der Waals surface area contributed by atoms with Crippen LogP contribution in [0.15, 0.2) is 0 Å². The monoisotopic (exact) mass is 477 g/mol. The van der Waals surface area contributed by atoms with Crippen LogP contribution in [0.2, 0.25) is 0 Å². The zero-order valence-corrected chi connectivity index (χ0v) is 17.3. The molecule has 0 heterocycles. The van der Waals surface area contributed by atoms with Crippen molar-refractivity contribution in [3.8, 4) is 0 Å². The van der Waals surface area contributed by atoms with Crippen molar-refractivity contribution < 1.29 is 8.56 Å². The normalized spacial score (nSPS) is 0. The van der Waals surface area contributed by atoms with Gasteiger partial charge in [0.1, 0.15) is 0 Å². The maximum Gasteiger partial charge on any atom is 2.00 e. The summed E-state index contributed by atoms with van der Waals surface area (Å²) >= 11 is 0. The fraction of sp³-hybridized carbons (Fsp3) is 0. The fourth-order valence-electron chi connectivity index (χ4n) is 0. The van der Waals surface area contributed by atoms with E-state index in [-0.39, 0.29) is 168 Å². The topological polar surface area (TPSA) is 0 Å². The second kappa shape index (κ2) is 15.7. The van der Waals surface area contributed by atoms with Gasteiger partial charge in [-0.1, -0.05) is 0 Å². The molecule has 0 aliphatic heterocycles. The molecule has 0 aromatic carbocycles. The minimum atomic E-state index is 0. The summed E-state index contributed by atoms with van der Waals surface area (Å²) in [6.45, 7) is 0. The molecule has 0 aliphatic rings. The summed E-state index contributed by atoms with van der Waals surface area (Å²) in [5, 5.41) is 0. The molecule has 0 fully saturated rings. The standard InChI is InChI=1S/Ba.Ca.Sr.Tl.6H/q3*+2;;6*-1. The largest absolute Gasteiger partial charge is 2.00 e. The molecular weight excluding hydrogens is 469 g/mol. The van der Waals surface area contributed by atoms with Crippen molar-refractivity contribution >= 4 is 159 Å². The van der Waals surface area contributed by atoms with Crippen LogP contribution < -0.4 is 0 Å². The van der Waals surface area contributed by atoms with E-state index in [9.17, 15) is 0 Å². The molecule has 0 nitrogen and oxygen atoms in total. The third-order valence-corrected chi connectivity index (χ3v) is 0. The Balaban J connectivity index is 0. The number of hydrogen-bond donors (Lipinski definition) is 0. The molecule has 0 aromatic rings. The molecule has 4 heteroatoms. The maximum atomic E-state index is 0. The molecule has 0 N–H and O–H groups in total. The Morgan fingerprint density at radius 1 is 1.25 bits per heavy atom. The average Bonchev–Trinajstić information content (AvgIpc) is 0. The summed E-state index contributed by atoms with van der Waals surface area (Å²) in [6, 6.07) is 0. The van der Waals surface area contributed by atoms with Gasteiger partial charge in [-0.3, -0.25) is 0 Å². The molecule has 0 saturated carbocycles. The van der Waals surface area contributed by atoms with E-state index in [1.54, 1.807) is 0 Å². The van der Waals surface area contributed by atoms with Crippen molar-refractivity contribution in [2.24, 2.45) is 0 Å². The van der Waals surface area contributed by atoms with Gasteiger partial charge in [0.15, 0.2) is 0 Å². The van der Waals surface area contributed by atoms with E-state index in [2.05, 4.69) is 0 Å². The van der Waals surface area contributed by atoms with Crippen LogP contribution in [-0.2, 0) is 0 Å². The van der Waals surface area contributed by atoms with Gasteiger partial charge in [0.25, 0.3) is 0 Å². The molecule has 0 aliphatic carbocycles. The van der Waals surface area contributed by atoms with Crippen LogP contribution >= 0.6 is 0 Å². The van der Waals surface area contributed by atoms with Crippen LogP contribution in [0.5, 0.6) is 0 Å². The van der Waals surface area contributed by atoms with E-state index in [1.807, 2.05) is 0 Å². The van der Waals surface area contributed by atoms with E-state index in [1.165, 1.54) is 0 Å². The number of rotatable bonds is 0. The Labute approximate surface area is 163 Å². The first-order valence-electron chi connectivity index (χ1n) is 0. The summed E-state index contributed by atoms with van der Waals surface area (Å²) in [6.07, 6.45) is 0. The molecule has 0 saturated heterocycles. The molecule has 4 heavy (non-hydrogen) atoms. The minimum Gasteiger partial charge on any atom is -1.00 e. The maximum absolute atomic E-state index is 0. The summed E-state index contributed by atoms with van der Waals surface area (Å²) in [7, 11) is 0. The molecule has 0 unspecified atom stereocenters. The molecule has 0 atom stereocenters. The van der Waals surface area contributed by atoms with Crippen LogP contribution in [0.4, 0.5) is 0 Å². The summed E-state index contributed by atoms with van der Waals surface area (Å²) < 4.78 is 0. The van der Waals surface area contributed by atoms with Crippen LogP contribution in [0.3, 0.4) is 0 Å². The smallest absolute Gasteiger partial charge is 1.00 e. The Morgan fingerprint density at radius 2 is 1.25 bits per heavy atom. The Kier molecular flexibility index (Phi) is 89.9. The molecule has 0 bridgehead atoms. The van der Waals surface area contributed by atoms with Crippen LogP contribution in [0, 0.1) is 0 Å². The SMILES string of the molecule is [Ba+2].[Ca+2].[H-].[H-].[H-].[H-].[H-].[H-].[Sr+2].[Tl]. The third kappa shape index (κ3) is 10.3. The zero-order valence-electron chi connectivity index (χ0n) is 8.70. The number of hydrogen-bond acceptors (Lipinski definition) is 0. The van der Waals surface area contributed by atoms with Crippen molar-refractivity contribution in [1.82, 2.24) is 0 Å². The molecular formula is H6BaCaSrTl. The quantitative estimate of drug-likeness (QED) is 0.401. The predicted octanol–water partition coefficient (Wildman–Crippen LogP) is -0.848. The van der Waals surface area contributed by atoms with Gasteiger partial charge in [0, 0.05) is 27.3 Å². The van der Waals surface area contributed by atoms with Crippen LogP contribution in [0.1, 0.15) is 8.56 Å². The second-order valence-corrected chi connectivity index (χ2v) is 0. The minimum absolute atomic E-state index is 0. The van der Waals surface area contributed by atoms with Crippen molar-refractivity contribution in [1.29, 1.82) is 0 Å². The van der Waals surface area contributed by atoms with Gasteiger partial charge in [-0.25, -0.2) is 0 Å². The van der Waals surface area contributed by atoms with Gasteiger partial charge < -0.3 is 8.56 Å². The molecule has 15 valence electrons. The average molecular weight is 475 g/mol. The first kappa shape index (κ1) is 22.9. The van der Waals surface area contributed by atoms with E-state index < -0.39 is 0 Å². The summed E-state index contributed by atoms with van der Waals surface area (Å²) in [4.78, 5) is 0. The van der Waals surface area contributed by atoms with Crippen LogP contribution in [-0.4, -0.2) is 159 Å². The van der Waals surface area contributed by atoms with E-state index in [4.69, 9.17) is 0 Å². The fourth-order valence-corrected chi connectivity index (χ4v) is 0. The van der Waals surface area contributed by atoms with Gasteiger partial charge in [-0.15, -0.1) is 0 Å².